The number of hydrogen-bond acceptors (Lipinski definition) is 5. The molecule has 0 fully saturated rings. The van der Waals surface area contributed by atoms with Crippen LogP contribution in [0, 0.1) is 5.82 Å². The molecule has 0 unspecified atom stereocenters. The fraction of sp³-hybridized carbons (Fsp3) is 0.0741. The van der Waals surface area contributed by atoms with Crippen LogP contribution in [0.15, 0.2) is 85.3 Å². The van der Waals surface area contributed by atoms with E-state index in [0.717, 1.165) is 12.1 Å². The van der Waals surface area contributed by atoms with Gasteiger partial charge in [0.05, 0.1) is 28.4 Å². The van der Waals surface area contributed by atoms with E-state index >= 15 is 0 Å². The molecular weight excluding hydrogens is 522 g/mol. The molecule has 0 N–H and O–H groups in total. The number of carbonyl (C=O) groups is 1. The molecule has 5 rings (SSSR count). The lowest BCUT2D eigenvalue weighted by Crippen LogP contribution is -2.10. The Balaban J connectivity index is 1.66. The summed E-state index contributed by atoms with van der Waals surface area (Å²) in [5.74, 6) is -1.24. The van der Waals surface area contributed by atoms with Crippen LogP contribution in [0.5, 0.6) is 0 Å². The van der Waals surface area contributed by atoms with Gasteiger partial charge in [-0.15, -0.1) is 5.10 Å². The highest BCUT2D eigenvalue weighted by Gasteiger charge is 2.31. The van der Waals surface area contributed by atoms with Crippen LogP contribution in [0.1, 0.15) is 27.0 Å². The SMILES string of the molecule is O=C(c1ccccc1Cl)c1cccnc1-c1nnn(Cc2cc(C(F)(F)F)ccc2F)c1-c1ccncc1. The molecule has 2 aromatic carbocycles. The van der Waals surface area contributed by atoms with Crippen LogP contribution in [0.3, 0.4) is 0 Å². The third-order valence-electron chi connectivity index (χ3n) is 5.78. The highest BCUT2D eigenvalue weighted by atomic mass is 35.5. The zero-order valence-corrected chi connectivity index (χ0v) is 20.1. The van der Waals surface area contributed by atoms with Gasteiger partial charge in [0.2, 0.25) is 0 Å². The Morgan fingerprint density at radius 3 is 2.37 bits per heavy atom. The first-order valence-corrected chi connectivity index (χ1v) is 11.6. The van der Waals surface area contributed by atoms with Crippen LogP contribution in [0.25, 0.3) is 22.6 Å². The van der Waals surface area contributed by atoms with Crippen LogP contribution < -0.4 is 0 Å². The predicted molar refractivity (Wildman–Crippen MR) is 132 cm³/mol. The van der Waals surface area contributed by atoms with E-state index in [9.17, 15) is 22.4 Å². The van der Waals surface area contributed by atoms with Crippen LogP contribution in [-0.4, -0.2) is 30.7 Å². The first-order chi connectivity index (χ1) is 18.2. The van der Waals surface area contributed by atoms with Gasteiger partial charge in [0, 0.05) is 35.3 Å². The van der Waals surface area contributed by atoms with Crippen molar-refractivity contribution in [1.29, 1.82) is 0 Å². The van der Waals surface area contributed by atoms with Crippen molar-refractivity contribution in [3.8, 4) is 22.6 Å². The first-order valence-electron chi connectivity index (χ1n) is 11.2. The highest BCUT2D eigenvalue weighted by Crippen LogP contribution is 2.34. The Morgan fingerprint density at radius 1 is 0.895 bits per heavy atom. The minimum absolute atomic E-state index is 0.180. The van der Waals surface area contributed by atoms with Gasteiger partial charge in [-0.1, -0.05) is 28.9 Å². The van der Waals surface area contributed by atoms with E-state index in [1.165, 1.54) is 23.3 Å². The van der Waals surface area contributed by atoms with Gasteiger partial charge in [-0.2, -0.15) is 13.2 Å². The summed E-state index contributed by atoms with van der Waals surface area (Å²) in [4.78, 5) is 21.8. The molecular formula is C27H16ClF4N5O. The Hall–Kier alpha value is -4.44. The largest absolute Gasteiger partial charge is 0.416 e. The summed E-state index contributed by atoms with van der Waals surface area (Å²) in [7, 11) is 0. The van der Waals surface area contributed by atoms with Crippen molar-refractivity contribution in [2.45, 2.75) is 12.7 Å². The van der Waals surface area contributed by atoms with Crippen molar-refractivity contribution in [3.63, 3.8) is 0 Å². The Bertz CT molecular complexity index is 1640. The molecule has 0 amide bonds. The maximum Gasteiger partial charge on any atom is 0.416 e. The molecule has 0 aliphatic carbocycles. The van der Waals surface area contributed by atoms with Crippen LogP contribution in [0.2, 0.25) is 5.02 Å². The standard InChI is InChI=1S/C27H16ClF4N5O/c28-21-6-2-1-4-19(21)26(38)20-5-3-11-34-23(20)24-25(16-9-12-33-13-10-16)37(36-35-24)15-17-14-18(27(30,31)32)7-8-22(17)29/h1-14H,15H2. The van der Waals surface area contributed by atoms with E-state index in [1.807, 2.05) is 0 Å². The number of aromatic nitrogens is 5. The molecule has 11 heteroatoms. The molecule has 38 heavy (non-hydrogen) atoms. The normalized spacial score (nSPS) is 11.5. The lowest BCUT2D eigenvalue weighted by Gasteiger charge is -2.13. The molecule has 190 valence electrons. The highest BCUT2D eigenvalue weighted by molar-refractivity contribution is 6.35. The summed E-state index contributed by atoms with van der Waals surface area (Å²) in [6, 6.07) is 15.2. The quantitative estimate of drug-likeness (QED) is 0.183. The second-order valence-electron chi connectivity index (χ2n) is 8.19. The fourth-order valence-corrected chi connectivity index (χ4v) is 4.20. The molecule has 5 aromatic rings. The third-order valence-corrected chi connectivity index (χ3v) is 6.11. The predicted octanol–water partition coefficient (Wildman–Crippen LogP) is 6.49. The number of benzene rings is 2. The van der Waals surface area contributed by atoms with Crippen molar-refractivity contribution in [3.05, 3.63) is 118 Å². The van der Waals surface area contributed by atoms with Crippen LogP contribution in [0.4, 0.5) is 17.6 Å². The van der Waals surface area contributed by atoms with Gasteiger partial charge >= 0.3 is 6.18 Å². The number of halogens is 5. The summed E-state index contributed by atoms with van der Waals surface area (Å²) in [6.45, 7) is -0.360. The third kappa shape index (κ3) is 4.90. The van der Waals surface area contributed by atoms with Gasteiger partial charge in [-0.05, 0) is 54.6 Å². The fourth-order valence-electron chi connectivity index (χ4n) is 3.98. The number of pyridine rings is 2. The number of nitrogens with zero attached hydrogens (tertiary/aromatic N) is 5. The van der Waals surface area contributed by atoms with Crippen molar-refractivity contribution in [2.24, 2.45) is 0 Å². The van der Waals surface area contributed by atoms with Crippen molar-refractivity contribution < 1.29 is 22.4 Å². The average molecular weight is 538 g/mol. The average Bonchev–Trinajstić information content (AvgIpc) is 3.33. The molecule has 0 radical (unpaired) electrons. The van der Waals surface area contributed by atoms with Crippen LogP contribution >= 0.6 is 11.6 Å². The van der Waals surface area contributed by atoms with Gasteiger partial charge in [-0.25, -0.2) is 9.07 Å². The topological polar surface area (TPSA) is 73.6 Å². The number of alkyl halides is 3. The maximum atomic E-state index is 14.6. The lowest BCUT2D eigenvalue weighted by molar-refractivity contribution is -0.137. The molecule has 6 nitrogen and oxygen atoms in total. The zero-order valence-electron chi connectivity index (χ0n) is 19.3. The van der Waals surface area contributed by atoms with E-state index in [-0.39, 0.29) is 39.6 Å². The monoisotopic (exact) mass is 537 g/mol. The lowest BCUT2D eigenvalue weighted by atomic mass is 9.98. The zero-order chi connectivity index (χ0) is 26.9. The molecule has 0 aliphatic rings. The maximum absolute atomic E-state index is 14.6. The van der Waals surface area contributed by atoms with E-state index in [1.54, 1.807) is 48.5 Å². The smallest absolute Gasteiger partial charge is 0.288 e. The first kappa shape index (κ1) is 25.2. The second kappa shape index (κ2) is 10.1. The molecule has 0 saturated heterocycles. The molecule has 0 aliphatic heterocycles. The van der Waals surface area contributed by atoms with Gasteiger partial charge in [0.25, 0.3) is 0 Å². The van der Waals surface area contributed by atoms with E-state index in [0.29, 0.717) is 17.3 Å². The number of carbonyl (C=O) groups excluding carboxylic acids is 1. The van der Waals surface area contributed by atoms with Crippen molar-refractivity contribution in [1.82, 2.24) is 25.0 Å². The number of rotatable bonds is 6. The van der Waals surface area contributed by atoms with Crippen molar-refractivity contribution >= 4 is 17.4 Å². The van der Waals surface area contributed by atoms with E-state index in [4.69, 9.17) is 11.6 Å². The summed E-state index contributed by atoms with van der Waals surface area (Å²) >= 11 is 6.25. The van der Waals surface area contributed by atoms with Gasteiger partial charge in [0.1, 0.15) is 17.2 Å². The Kier molecular flexibility index (Phi) is 6.73. The van der Waals surface area contributed by atoms with Crippen molar-refractivity contribution in [2.75, 3.05) is 0 Å². The second-order valence-corrected chi connectivity index (χ2v) is 8.60. The van der Waals surface area contributed by atoms with Gasteiger partial charge < -0.3 is 0 Å². The van der Waals surface area contributed by atoms with E-state index in [2.05, 4.69) is 20.3 Å². The summed E-state index contributed by atoms with van der Waals surface area (Å²) in [5, 5.41) is 8.58. The molecule has 3 heterocycles. The number of hydrogen-bond donors (Lipinski definition) is 0. The molecule has 3 aromatic heterocycles. The molecule has 0 saturated carbocycles. The van der Waals surface area contributed by atoms with Gasteiger partial charge in [0.15, 0.2) is 5.78 Å². The molecule has 0 atom stereocenters. The minimum Gasteiger partial charge on any atom is -0.288 e. The summed E-state index contributed by atoms with van der Waals surface area (Å²) < 4.78 is 55.7. The summed E-state index contributed by atoms with van der Waals surface area (Å²) in [5.41, 5.74) is 0.433. The minimum atomic E-state index is -4.65. The number of ketones is 1. The Labute approximate surface area is 218 Å². The van der Waals surface area contributed by atoms with Gasteiger partial charge in [-0.3, -0.25) is 14.8 Å². The van der Waals surface area contributed by atoms with E-state index < -0.39 is 23.3 Å². The van der Waals surface area contributed by atoms with Crippen LogP contribution in [-0.2, 0) is 12.7 Å². The summed E-state index contributed by atoms with van der Waals surface area (Å²) in [6.07, 6.45) is -0.155. The molecule has 0 spiro atoms. The Morgan fingerprint density at radius 2 is 1.63 bits per heavy atom. The molecule has 0 bridgehead atoms.